The maximum Gasteiger partial charge on any atom is 0.234 e. The summed E-state index contributed by atoms with van der Waals surface area (Å²) in [6.07, 6.45) is 0. The van der Waals surface area contributed by atoms with Gasteiger partial charge in [0, 0.05) is 9.26 Å². The van der Waals surface area contributed by atoms with Crippen LogP contribution >= 0.6 is 34.4 Å². The SMILES string of the molecule is Cc1ccc(-n2nnnc2SCC(=O)Nc2ccc(I)cc2)cc1. The second kappa shape index (κ2) is 7.75. The van der Waals surface area contributed by atoms with E-state index >= 15 is 0 Å². The van der Waals surface area contributed by atoms with Crippen molar-refractivity contribution in [1.82, 2.24) is 20.2 Å². The van der Waals surface area contributed by atoms with E-state index in [1.54, 1.807) is 4.68 Å². The number of thioether (sulfide) groups is 1. The Bertz CT molecular complexity index is 832. The summed E-state index contributed by atoms with van der Waals surface area (Å²) in [5.41, 5.74) is 2.81. The molecule has 1 N–H and O–H groups in total. The molecule has 6 nitrogen and oxygen atoms in total. The van der Waals surface area contributed by atoms with Crippen LogP contribution in [-0.2, 0) is 4.79 Å². The third-order valence-electron chi connectivity index (χ3n) is 3.18. The van der Waals surface area contributed by atoms with Crippen molar-refractivity contribution in [3.8, 4) is 5.69 Å². The van der Waals surface area contributed by atoms with Crippen molar-refractivity contribution in [3.05, 3.63) is 57.7 Å². The van der Waals surface area contributed by atoms with Gasteiger partial charge < -0.3 is 5.32 Å². The first-order valence-electron chi connectivity index (χ1n) is 7.15. The summed E-state index contributed by atoms with van der Waals surface area (Å²) in [7, 11) is 0. The summed E-state index contributed by atoms with van der Waals surface area (Å²) in [4.78, 5) is 12.1. The third kappa shape index (κ3) is 4.32. The van der Waals surface area contributed by atoms with Gasteiger partial charge in [0.05, 0.1) is 11.4 Å². The molecule has 0 aliphatic carbocycles. The van der Waals surface area contributed by atoms with Gasteiger partial charge in [0.25, 0.3) is 0 Å². The van der Waals surface area contributed by atoms with Crippen LogP contribution in [0.2, 0.25) is 0 Å². The molecule has 1 aromatic heterocycles. The molecule has 1 amide bonds. The molecular formula is C16H14IN5OS. The van der Waals surface area contributed by atoms with E-state index in [4.69, 9.17) is 0 Å². The molecule has 0 fully saturated rings. The van der Waals surface area contributed by atoms with Crippen LogP contribution in [0, 0.1) is 10.5 Å². The number of tetrazole rings is 1. The van der Waals surface area contributed by atoms with Crippen molar-refractivity contribution < 1.29 is 4.79 Å². The Morgan fingerprint density at radius 1 is 1.17 bits per heavy atom. The monoisotopic (exact) mass is 451 g/mol. The molecule has 3 rings (SSSR count). The highest BCUT2D eigenvalue weighted by atomic mass is 127. The Morgan fingerprint density at radius 2 is 1.88 bits per heavy atom. The van der Waals surface area contributed by atoms with E-state index in [9.17, 15) is 4.79 Å². The highest BCUT2D eigenvalue weighted by Crippen LogP contribution is 2.19. The molecule has 0 radical (unpaired) electrons. The van der Waals surface area contributed by atoms with Crippen molar-refractivity contribution in [2.45, 2.75) is 12.1 Å². The number of benzene rings is 2. The average molecular weight is 451 g/mol. The van der Waals surface area contributed by atoms with E-state index in [0.29, 0.717) is 5.16 Å². The molecule has 0 saturated heterocycles. The standard InChI is InChI=1S/C16H14IN5OS/c1-11-2-8-14(9-3-11)22-16(19-20-21-22)24-10-15(23)18-13-6-4-12(17)5-7-13/h2-9H,10H2,1H3,(H,18,23). The van der Waals surface area contributed by atoms with Gasteiger partial charge in [-0.1, -0.05) is 29.5 Å². The summed E-state index contributed by atoms with van der Waals surface area (Å²) >= 11 is 3.52. The lowest BCUT2D eigenvalue weighted by Crippen LogP contribution is -2.14. The molecule has 0 saturated carbocycles. The number of hydrogen-bond donors (Lipinski definition) is 1. The quantitative estimate of drug-likeness (QED) is 0.476. The van der Waals surface area contributed by atoms with Crippen LogP contribution in [0.4, 0.5) is 5.69 Å². The highest BCUT2D eigenvalue weighted by molar-refractivity contribution is 14.1. The summed E-state index contributed by atoms with van der Waals surface area (Å²) in [6, 6.07) is 15.5. The van der Waals surface area contributed by atoms with Gasteiger partial charge in [-0.2, -0.15) is 4.68 Å². The van der Waals surface area contributed by atoms with Crippen molar-refractivity contribution >= 4 is 45.9 Å². The summed E-state index contributed by atoms with van der Waals surface area (Å²) in [6.45, 7) is 2.02. The van der Waals surface area contributed by atoms with Crippen molar-refractivity contribution in [2.24, 2.45) is 0 Å². The van der Waals surface area contributed by atoms with Gasteiger partial charge in [0.2, 0.25) is 11.1 Å². The predicted molar refractivity (Wildman–Crippen MR) is 102 cm³/mol. The Labute approximate surface area is 157 Å². The van der Waals surface area contributed by atoms with E-state index in [-0.39, 0.29) is 11.7 Å². The fourth-order valence-electron chi connectivity index (χ4n) is 1.98. The number of anilines is 1. The fraction of sp³-hybridized carbons (Fsp3) is 0.125. The molecule has 0 aliphatic rings. The first-order chi connectivity index (χ1) is 11.6. The minimum Gasteiger partial charge on any atom is -0.325 e. The second-order valence-electron chi connectivity index (χ2n) is 5.05. The van der Waals surface area contributed by atoms with Crippen molar-refractivity contribution in [1.29, 1.82) is 0 Å². The van der Waals surface area contributed by atoms with Crippen LogP contribution in [0.25, 0.3) is 5.69 Å². The highest BCUT2D eigenvalue weighted by Gasteiger charge is 2.11. The van der Waals surface area contributed by atoms with Gasteiger partial charge in [-0.05, 0) is 76.3 Å². The smallest absolute Gasteiger partial charge is 0.234 e. The lowest BCUT2D eigenvalue weighted by atomic mass is 10.2. The van der Waals surface area contributed by atoms with E-state index in [0.717, 1.165) is 20.5 Å². The Balaban J connectivity index is 1.63. The normalized spacial score (nSPS) is 10.6. The van der Waals surface area contributed by atoms with E-state index in [1.807, 2.05) is 55.5 Å². The molecule has 0 atom stereocenters. The molecule has 0 unspecified atom stereocenters. The van der Waals surface area contributed by atoms with Gasteiger partial charge >= 0.3 is 0 Å². The number of amides is 1. The minimum absolute atomic E-state index is 0.0975. The summed E-state index contributed by atoms with van der Waals surface area (Å²) in [5, 5.41) is 15.1. The number of hydrogen-bond acceptors (Lipinski definition) is 5. The molecule has 1 heterocycles. The number of nitrogens with one attached hydrogen (secondary N) is 1. The number of halogens is 1. The zero-order valence-electron chi connectivity index (χ0n) is 12.8. The Kier molecular flexibility index (Phi) is 5.46. The van der Waals surface area contributed by atoms with Crippen LogP contribution in [0.15, 0.2) is 53.7 Å². The van der Waals surface area contributed by atoms with Crippen LogP contribution < -0.4 is 5.32 Å². The Hall–Kier alpha value is -1.94. The molecule has 0 aliphatic heterocycles. The van der Waals surface area contributed by atoms with Gasteiger partial charge in [-0.15, -0.1) is 5.10 Å². The number of carbonyl (C=O) groups excluding carboxylic acids is 1. The number of carbonyl (C=O) groups is 1. The van der Waals surface area contributed by atoms with E-state index in [1.165, 1.54) is 11.8 Å². The Morgan fingerprint density at radius 3 is 2.58 bits per heavy atom. The van der Waals surface area contributed by atoms with E-state index in [2.05, 4.69) is 43.4 Å². The number of aryl methyl sites for hydroxylation is 1. The molecule has 2 aromatic carbocycles. The molecule has 24 heavy (non-hydrogen) atoms. The second-order valence-corrected chi connectivity index (χ2v) is 7.24. The molecular weight excluding hydrogens is 437 g/mol. The van der Waals surface area contributed by atoms with Crippen LogP contribution in [-0.4, -0.2) is 31.9 Å². The first-order valence-corrected chi connectivity index (χ1v) is 9.22. The van der Waals surface area contributed by atoms with Gasteiger partial charge in [-0.25, -0.2) is 0 Å². The van der Waals surface area contributed by atoms with Crippen LogP contribution in [0.5, 0.6) is 0 Å². The maximum atomic E-state index is 12.1. The lowest BCUT2D eigenvalue weighted by Gasteiger charge is -2.06. The third-order valence-corrected chi connectivity index (χ3v) is 4.82. The molecule has 8 heteroatoms. The summed E-state index contributed by atoms with van der Waals surface area (Å²) < 4.78 is 2.75. The lowest BCUT2D eigenvalue weighted by molar-refractivity contribution is -0.113. The average Bonchev–Trinajstić information content (AvgIpc) is 3.04. The van der Waals surface area contributed by atoms with Gasteiger partial charge in [0.1, 0.15) is 0 Å². The van der Waals surface area contributed by atoms with Crippen LogP contribution in [0.3, 0.4) is 0 Å². The minimum atomic E-state index is -0.0975. The molecule has 3 aromatic rings. The van der Waals surface area contributed by atoms with Gasteiger partial charge in [-0.3, -0.25) is 4.79 Å². The largest absolute Gasteiger partial charge is 0.325 e. The zero-order valence-corrected chi connectivity index (χ0v) is 15.8. The summed E-state index contributed by atoms with van der Waals surface area (Å²) in [5.74, 6) is 0.137. The van der Waals surface area contributed by atoms with E-state index < -0.39 is 0 Å². The van der Waals surface area contributed by atoms with Gasteiger partial charge in [0.15, 0.2) is 0 Å². The maximum absolute atomic E-state index is 12.1. The van der Waals surface area contributed by atoms with Crippen molar-refractivity contribution in [3.63, 3.8) is 0 Å². The molecule has 122 valence electrons. The van der Waals surface area contributed by atoms with Crippen molar-refractivity contribution in [2.75, 3.05) is 11.1 Å². The molecule has 0 bridgehead atoms. The predicted octanol–water partition coefficient (Wildman–Crippen LogP) is 3.31. The topological polar surface area (TPSA) is 72.7 Å². The number of aromatic nitrogens is 4. The number of rotatable bonds is 5. The zero-order chi connectivity index (χ0) is 16.9. The number of nitrogens with zero attached hydrogens (tertiary/aromatic N) is 4. The fourth-order valence-corrected chi connectivity index (χ4v) is 3.03. The van der Waals surface area contributed by atoms with Crippen LogP contribution in [0.1, 0.15) is 5.56 Å². The molecule has 0 spiro atoms. The first kappa shape index (κ1) is 16.9.